The minimum atomic E-state index is 0.776. The third-order valence-electron chi connectivity index (χ3n) is 2.81. The molecule has 1 radical (unpaired) electrons. The molecule has 0 nitrogen and oxygen atoms in total. The Hall–Kier alpha value is -1.22. The van der Waals surface area contributed by atoms with Crippen molar-refractivity contribution >= 4 is 0 Å². The molecule has 0 N–H and O–H groups in total. The van der Waals surface area contributed by atoms with E-state index < -0.39 is 0 Å². The molecular weight excluding hydrogens is 180 g/mol. The zero-order valence-electron chi connectivity index (χ0n) is 9.77. The number of unbranched alkanes of at least 4 members (excludes halogenated alkanes) is 1. The molecule has 0 heteroatoms. The van der Waals surface area contributed by atoms with Crippen LogP contribution >= 0.6 is 0 Å². The lowest BCUT2D eigenvalue weighted by atomic mass is 9.97. The Balaban J connectivity index is 2.74. The second-order valence-electron chi connectivity index (χ2n) is 3.84. The van der Waals surface area contributed by atoms with Crippen molar-refractivity contribution < 1.29 is 0 Å². The van der Waals surface area contributed by atoms with E-state index in [1.54, 1.807) is 0 Å². The van der Waals surface area contributed by atoms with Crippen molar-refractivity contribution in [3.8, 4) is 5.92 Å². The predicted molar refractivity (Wildman–Crippen MR) is 65.3 cm³/mol. The first-order chi connectivity index (χ1) is 7.31. The standard InChI is InChI=1S/C15H19/c1-4-7-8-9-15-11-10-13(5-2)12-14(15)6-3/h10-12H,5-9H2,2-3H3. The predicted octanol–water partition coefficient (Wildman–Crippen LogP) is 3.72. The van der Waals surface area contributed by atoms with E-state index in [1.807, 2.05) is 0 Å². The van der Waals surface area contributed by atoms with Gasteiger partial charge in [-0.2, -0.15) is 0 Å². The van der Waals surface area contributed by atoms with Crippen LogP contribution < -0.4 is 0 Å². The average molecular weight is 199 g/mol. The molecule has 0 saturated heterocycles. The maximum Gasteiger partial charge on any atom is 0.0102 e. The third-order valence-corrected chi connectivity index (χ3v) is 2.81. The maximum atomic E-state index is 6.88. The van der Waals surface area contributed by atoms with Gasteiger partial charge in [0, 0.05) is 6.42 Å². The van der Waals surface area contributed by atoms with Gasteiger partial charge in [-0.1, -0.05) is 38.0 Å². The number of hydrogen-bond donors (Lipinski definition) is 0. The van der Waals surface area contributed by atoms with Gasteiger partial charge in [0.15, 0.2) is 0 Å². The molecule has 15 heavy (non-hydrogen) atoms. The number of hydrogen-bond acceptors (Lipinski definition) is 0. The monoisotopic (exact) mass is 199 g/mol. The zero-order chi connectivity index (χ0) is 11.1. The lowest BCUT2D eigenvalue weighted by molar-refractivity contribution is 0.842. The van der Waals surface area contributed by atoms with Gasteiger partial charge in [0.1, 0.15) is 0 Å². The molecule has 0 fully saturated rings. The molecule has 0 saturated carbocycles. The van der Waals surface area contributed by atoms with Crippen molar-refractivity contribution in [3.05, 3.63) is 41.3 Å². The molecule has 0 spiro atoms. The fourth-order valence-corrected chi connectivity index (χ4v) is 1.84. The summed E-state index contributed by atoms with van der Waals surface area (Å²) in [6, 6.07) is 6.80. The summed E-state index contributed by atoms with van der Waals surface area (Å²) < 4.78 is 0. The summed E-state index contributed by atoms with van der Waals surface area (Å²) in [4.78, 5) is 0. The van der Waals surface area contributed by atoms with Gasteiger partial charge in [-0.3, -0.25) is 0 Å². The van der Waals surface area contributed by atoms with E-state index in [-0.39, 0.29) is 0 Å². The second-order valence-corrected chi connectivity index (χ2v) is 3.84. The molecule has 1 aromatic rings. The first-order valence-electron chi connectivity index (χ1n) is 5.82. The minimum absolute atomic E-state index is 0.776. The van der Waals surface area contributed by atoms with Crippen LogP contribution in [0.2, 0.25) is 0 Å². The first kappa shape index (κ1) is 11.9. The molecule has 1 rings (SSSR count). The van der Waals surface area contributed by atoms with E-state index in [0.29, 0.717) is 0 Å². The van der Waals surface area contributed by atoms with Crippen molar-refractivity contribution in [3.63, 3.8) is 0 Å². The molecule has 0 atom stereocenters. The highest BCUT2D eigenvalue weighted by Gasteiger charge is 2.01. The molecule has 0 aliphatic heterocycles. The highest BCUT2D eigenvalue weighted by molar-refractivity contribution is 5.32. The van der Waals surface area contributed by atoms with Crippen LogP contribution in [0.1, 0.15) is 43.4 Å². The van der Waals surface area contributed by atoms with Gasteiger partial charge >= 0.3 is 0 Å². The Morgan fingerprint density at radius 2 is 1.93 bits per heavy atom. The van der Waals surface area contributed by atoms with Crippen LogP contribution in [0.3, 0.4) is 0 Å². The highest BCUT2D eigenvalue weighted by atomic mass is 14.1. The van der Waals surface area contributed by atoms with Gasteiger partial charge in [-0.05, 0) is 48.8 Å². The summed E-state index contributed by atoms with van der Waals surface area (Å²) in [5, 5.41) is 0. The summed E-state index contributed by atoms with van der Waals surface area (Å²) in [6.07, 6.45) is 12.0. The summed E-state index contributed by atoms with van der Waals surface area (Å²) in [6.45, 7) is 4.40. The van der Waals surface area contributed by atoms with Crippen LogP contribution in [-0.4, -0.2) is 0 Å². The van der Waals surface area contributed by atoms with E-state index in [1.165, 1.54) is 16.7 Å². The summed E-state index contributed by atoms with van der Waals surface area (Å²) >= 11 is 0. The van der Waals surface area contributed by atoms with Crippen LogP contribution in [0.15, 0.2) is 18.2 Å². The van der Waals surface area contributed by atoms with E-state index in [9.17, 15) is 0 Å². The Kier molecular flexibility index (Phi) is 4.98. The molecule has 1 aromatic carbocycles. The second kappa shape index (κ2) is 6.30. The number of rotatable bonds is 5. The molecule has 79 valence electrons. The average Bonchev–Trinajstić information content (AvgIpc) is 2.29. The number of benzene rings is 1. The SMILES string of the molecule is [C]#CCCCc1ccc(CC)cc1CC. The smallest absolute Gasteiger partial charge is 0.0102 e. The quantitative estimate of drug-likeness (QED) is 0.501. The van der Waals surface area contributed by atoms with Crippen LogP contribution in [0.4, 0.5) is 0 Å². The van der Waals surface area contributed by atoms with Crippen molar-refractivity contribution in [1.29, 1.82) is 0 Å². The molecule has 0 aliphatic rings. The van der Waals surface area contributed by atoms with Gasteiger partial charge < -0.3 is 0 Å². The molecule has 0 aromatic heterocycles. The van der Waals surface area contributed by atoms with Crippen molar-refractivity contribution in [2.24, 2.45) is 0 Å². The van der Waals surface area contributed by atoms with Crippen LogP contribution in [0.5, 0.6) is 0 Å². The summed E-state index contributed by atoms with van der Waals surface area (Å²) in [5.41, 5.74) is 4.35. The third kappa shape index (κ3) is 3.44. The van der Waals surface area contributed by atoms with E-state index >= 15 is 0 Å². The van der Waals surface area contributed by atoms with Crippen LogP contribution in [-0.2, 0) is 19.3 Å². The lowest BCUT2D eigenvalue weighted by Gasteiger charge is -2.09. The van der Waals surface area contributed by atoms with Gasteiger partial charge in [-0.25, -0.2) is 0 Å². The lowest BCUT2D eigenvalue weighted by Crippen LogP contribution is -1.95. The van der Waals surface area contributed by atoms with Crippen molar-refractivity contribution in [2.45, 2.75) is 46.0 Å². The Bertz CT molecular complexity index is 342. The molecule has 0 unspecified atom stereocenters. The Labute approximate surface area is 93.7 Å². The van der Waals surface area contributed by atoms with Crippen molar-refractivity contribution in [2.75, 3.05) is 0 Å². The Morgan fingerprint density at radius 1 is 1.13 bits per heavy atom. The molecule has 0 bridgehead atoms. The fraction of sp³-hybridized carbons (Fsp3) is 0.467. The Morgan fingerprint density at radius 3 is 2.53 bits per heavy atom. The molecule has 0 aliphatic carbocycles. The maximum absolute atomic E-state index is 6.88. The fourth-order valence-electron chi connectivity index (χ4n) is 1.84. The normalized spacial score (nSPS) is 9.93. The van der Waals surface area contributed by atoms with E-state index in [4.69, 9.17) is 6.42 Å². The van der Waals surface area contributed by atoms with Gasteiger partial charge in [-0.15, -0.1) is 0 Å². The summed E-state index contributed by atoms with van der Waals surface area (Å²) in [5.74, 6) is 2.45. The van der Waals surface area contributed by atoms with Gasteiger partial charge in [0.2, 0.25) is 0 Å². The van der Waals surface area contributed by atoms with Gasteiger partial charge in [0.25, 0.3) is 0 Å². The topological polar surface area (TPSA) is 0 Å². The summed E-state index contributed by atoms with van der Waals surface area (Å²) in [7, 11) is 0. The zero-order valence-corrected chi connectivity index (χ0v) is 9.77. The molecule has 0 heterocycles. The molecule has 0 amide bonds. The molecular formula is C15H19. The largest absolute Gasteiger partial charge is 0.0891 e. The number of aryl methyl sites for hydroxylation is 3. The van der Waals surface area contributed by atoms with Crippen molar-refractivity contribution in [1.82, 2.24) is 0 Å². The minimum Gasteiger partial charge on any atom is -0.0891 e. The van der Waals surface area contributed by atoms with E-state index in [0.717, 1.165) is 32.1 Å². The van der Waals surface area contributed by atoms with E-state index in [2.05, 4.69) is 38.0 Å². The van der Waals surface area contributed by atoms with Crippen LogP contribution in [0, 0.1) is 12.3 Å². The van der Waals surface area contributed by atoms with Gasteiger partial charge in [0.05, 0.1) is 0 Å². The van der Waals surface area contributed by atoms with Crippen LogP contribution in [0.25, 0.3) is 0 Å². The first-order valence-corrected chi connectivity index (χ1v) is 5.82. The highest BCUT2D eigenvalue weighted by Crippen LogP contribution is 2.15.